The zero-order valence-electron chi connectivity index (χ0n) is 11.7. The minimum Gasteiger partial charge on any atom is -0.497 e. The number of hydrogen-bond donors (Lipinski definition) is 1. The molecule has 0 aliphatic heterocycles. The Morgan fingerprint density at radius 2 is 2.33 bits per heavy atom. The molecule has 0 bridgehead atoms. The molecule has 7 heteroatoms. The first-order valence-corrected chi connectivity index (χ1v) is 6.35. The van der Waals surface area contributed by atoms with Crippen LogP contribution >= 0.6 is 0 Å². The molecule has 0 saturated heterocycles. The number of furan rings is 1. The third-order valence-electron chi connectivity index (χ3n) is 3.18. The van der Waals surface area contributed by atoms with Crippen LogP contribution in [0.5, 0.6) is 5.75 Å². The summed E-state index contributed by atoms with van der Waals surface area (Å²) >= 11 is 0. The Labute approximate surface area is 120 Å². The quantitative estimate of drug-likeness (QED) is 0.790. The number of amides is 1. The van der Waals surface area contributed by atoms with E-state index in [4.69, 9.17) is 9.15 Å². The number of carbonyl (C=O) groups is 1. The summed E-state index contributed by atoms with van der Waals surface area (Å²) in [6.07, 6.45) is 3.31. The number of aromatic nitrogens is 3. The van der Waals surface area contributed by atoms with Gasteiger partial charge in [-0.3, -0.25) is 10.1 Å². The van der Waals surface area contributed by atoms with Crippen LogP contribution in [-0.2, 0) is 18.3 Å². The van der Waals surface area contributed by atoms with Crippen LogP contribution in [0.15, 0.2) is 35.2 Å². The van der Waals surface area contributed by atoms with E-state index in [1.54, 1.807) is 31.1 Å². The van der Waals surface area contributed by atoms with E-state index < -0.39 is 0 Å². The molecule has 1 N–H and O–H groups in total. The highest BCUT2D eigenvalue weighted by atomic mass is 16.5. The Kier molecular flexibility index (Phi) is 3.31. The molecular weight excluding hydrogens is 272 g/mol. The molecule has 0 fully saturated rings. The predicted octanol–water partition coefficient (Wildman–Crippen LogP) is 1.75. The van der Waals surface area contributed by atoms with Gasteiger partial charge in [-0.1, -0.05) is 0 Å². The van der Waals surface area contributed by atoms with Crippen molar-refractivity contribution >= 4 is 22.8 Å². The zero-order valence-corrected chi connectivity index (χ0v) is 11.7. The maximum absolute atomic E-state index is 12.0. The lowest BCUT2D eigenvalue weighted by molar-refractivity contribution is -0.115. The van der Waals surface area contributed by atoms with Crippen LogP contribution in [0.3, 0.4) is 0 Å². The van der Waals surface area contributed by atoms with Crippen LogP contribution in [0.2, 0.25) is 0 Å². The molecule has 7 nitrogen and oxygen atoms in total. The van der Waals surface area contributed by atoms with Gasteiger partial charge in [-0.2, -0.15) is 0 Å². The van der Waals surface area contributed by atoms with E-state index >= 15 is 0 Å². The Morgan fingerprint density at radius 1 is 1.48 bits per heavy atom. The summed E-state index contributed by atoms with van der Waals surface area (Å²) < 4.78 is 12.2. The summed E-state index contributed by atoms with van der Waals surface area (Å²) in [5.74, 6) is 0.950. The topological polar surface area (TPSA) is 82.2 Å². The molecule has 0 radical (unpaired) electrons. The summed E-state index contributed by atoms with van der Waals surface area (Å²) in [5, 5.41) is 11.1. The molecule has 0 aliphatic carbocycles. The molecule has 0 saturated carbocycles. The molecule has 1 aromatic carbocycles. The summed E-state index contributed by atoms with van der Waals surface area (Å²) in [7, 11) is 3.36. The lowest BCUT2D eigenvalue weighted by Crippen LogP contribution is -2.16. The van der Waals surface area contributed by atoms with E-state index in [1.165, 1.54) is 6.33 Å². The fraction of sp³-hybridized carbons (Fsp3) is 0.214. The number of aryl methyl sites for hydroxylation is 1. The van der Waals surface area contributed by atoms with Gasteiger partial charge in [0.05, 0.1) is 19.8 Å². The average Bonchev–Trinajstić information content (AvgIpc) is 3.06. The van der Waals surface area contributed by atoms with Crippen molar-refractivity contribution in [1.82, 2.24) is 14.8 Å². The third-order valence-corrected chi connectivity index (χ3v) is 3.18. The van der Waals surface area contributed by atoms with E-state index in [0.29, 0.717) is 17.3 Å². The normalized spacial score (nSPS) is 10.8. The Hall–Kier alpha value is -2.83. The standard InChI is InChI=1S/C14H14N4O3/c1-18-8-15-17-14(18)16-13(19)5-9-7-21-12-6-10(20-2)3-4-11(9)12/h3-4,6-8H,5H2,1-2H3,(H,16,17,19). The first-order valence-electron chi connectivity index (χ1n) is 6.35. The Balaban J connectivity index is 1.78. The van der Waals surface area contributed by atoms with E-state index in [9.17, 15) is 4.79 Å². The van der Waals surface area contributed by atoms with Gasteiger partial charge in [-0.05, 0) is 12.1 Å². The van der Waals surface area contributed by atoms with Gasteiger partial charge in [0.25, 0.3) is 0 Å². The summed E-state index contributed by atoms with van der Waals surface area (Å²) in [6, 6.07) is 5.50. The monoisotopic (exact) mass is 286 g/mol. The maximum atomic E-state index is 12.0. The van der Waals surface area contributed by atoms with Gasteiger partial charge >= 0.3 is 0 Å². The highest BCUT2D eigenvalue weighted by Gasteiger charge is 2.13. The van der Waals surface area contributed by atoms with Crippen molar-refractivity contribution < 1.29 is 13.9 Å². The number of rotatable bonds is 4. The number of carbonyl (C=O) groups excluding carboxylic acids is 1. The smallest absolute Gasteiger partial charge is 0.231 e. The number of fused-ring (bicyclic) bond motifs is 1. The molecular formula is C14H14N4O3. The molecule has 21 heavy (non-hydrogen) atoms. The van der Waals surface area contributed by atoms with Gasteiger partial charge in [0.2, 0.25) is 11.9 Å². The summed E-state index contributed by atoms with van der Waals surface area (Å²) in [4.78, 5) is 12.0. The molecule has 0 aliphatic rings. The molecule has 0 atom stereocenters. The first-order chi connectivity index (χ1) is 10.2. The molecule has 1 amide bonds. The van der Waals surface area contributed by atoms with Crippen molar-refractivity contribution in [3.63, 3.8) is 0 Å². The van der Waals surface area contributed by atoms with Crippen LogP contribution < -0.4 is 10.1 Å². The minimum atomic E-state index is -0.176. The number of nitrogens with zero attached hydrogens (tertiary/aromatic N) is 3. The third kappa shape index (κ3) is 2.58. The molecule has 2 heterocycles. The van der Waals surface area contributed by atoms with Crippen LogP contribution in [-0.4, -0.2) is 27.8 Å². The molecule has 2 aromatic heterocycles. The van der Waals surface area contributed by atoms with Crippen molar-refractivity contribution in [2.24, 2.45) is 7.05 Å². The van der Waals surface area contributed by atoms with E-state index in [1.807, 2.05) is 12.1 Å². The van der Waals surface area contributed by atoms with Crippen molar-refractivity contribution in [2.45, 2.75) is 6.42 Å². The number of anilines is 1. The van der Waals surface area contributed by atoms with Gasteiger partial charge in [-0.25, -0.2) is 0 Å². The first kappa shape index (κ1) is 13.2. The van der Waals surface area contributed by atoms with Gasteiger partial charge in [0, 0.05) is 24.1 Å². The fourth-order valence-electron chi connectivity index (χ4n) is 2.07. The molecule has 0 unspecified atom stereocenters. The van der Waals surface area contributed by atoms with Crippen LogP contribution in [0.4, 0.5) is 5.95 Å². The van der Waals surface area contributed by atoms with Crippen LogP contribution in [0.25, 0.3) is 11.0 Å². The van der Waals surface area contributed by atoms with Crippen molar-refractivity contribution in [3.8, 4) is 5.75 Å². The minimum absolute atomic E-state index is 0.176. The second-order valence-electron chi connectivity index (χ2n) is 4.61. The van der Waals surface area contributed by atoms with E-state index in [-0.39, 0.29) is 12.3 Å². The summed E-state index contributed by atoms with van der Waals surface area (Å²) in [6.45, 7) is 0. The predicted molar refractivity (Wildman–Crippen MR) is 76.1 cm³/mol. The van der Waals surface area contributed by atoms with Gasteiger partial charge < -0.3 is 13.7 Å². The molecule has 3 aromatic rings. The molecule has 3 rings (SSSR count). The number of hydrogen-bond acceptors (Lipinski definition) is 5. The van der Waals surface area contributed by atoms with E-state index in [2.05, 4.69) is 15.5 Å². The maximum Gasteiger partial charge on any atom is 0.231 e. The second-order valence-corrected chi connectivity index (χ2v) is 4.61. The van der Waals surface area contributed by atoms with E-state index in [0.717, 1.165) is 10.9 Å². The van der Waals surface area contributed by atoms with Crippen LogP contribution in [0.1, 0.15) is 5.56 Å². The number of methoxy groups -OCH3 is 1. The number of benzene rings is 1. The fourth-order valence-corrected chi connectivity index (χ4v) is 2.07. The van der Waals surface area contributed by atoms with Crippen LogP contribution in [0, 0.1) is 0 Å². The van der Waals surface area contributed by atoms with Crippen molar-refractivity contribution in [1.29, 1.82) is 0 Å². The highest BCUT2D eigenvalue weighted by Crippen LogP contribution is 2.26. The van der Waals surface area contributed by atoms with Gasteiger partial charge in [-0.15, -0.1) is 10.2 Å². The average molecular weight is 286 g/mol. The van der Waals surface area contributed by atoms with Crippen molar-refractivity contribution in [3.05, 3.63) is 36.4 Å². The number of ether oxygens (including phenoxy) is 1. The molecule has 108 valence electrons. The van der Waals surface area contributed by atoms with Gasteiger partial charge in [0.1, 0.15) is 17.7 Å². The summed E-state index contributed by atoms with van der Waals surface area (Å²) in [5.41, 5.74) is 1.50. The largest absolute Gasteiger partial charge is 0.497 e. The zero-order chi connectivity index (χ0) is 14.8. The Morgan fingerprint density at radius 3 is 3.05 bits per heavy atom. The second kappa shape index (κ2) is 5.28. The highest BCUT2D eigenvalue weighted by molar-refractivity contribution is 5.94. The molecule has 0 spiro atoms. The SMILES string of the molecule is COc1ccc2c(CC(=O)Nc3nncn3C)coc2c1. The lowest BCUT2D eigenvalue weighted by Gasteiger charge is -2.03. The number of nitrogens with one attached hydrogen (secondary N) is 1. The van der Waals surface area contributed by atoms with Crippen molar-refractivity contribution in [2.75, 3.05) is 12.4 Å². The van der Waals surface area contributed by atoms with Gasteiger partial charge in [0.15, 0.2) is 0 Å². The Bertz CT molecular complexity index is 790. The lowest BCUT2D eigenvalue weighted by atomic mass is 10.1.